The van der Waals surface area contributed by atoms with E-state index in [-0.39, 0.29) is 5.56 Å². The molecule has 7 heteroatoms. The molecule has 0 saturated carbocycles. The lowest BCUT2D eigenvalue weighted by Crippen LogP contribution is -2.39. The topological polar surface area (TPSA) is 50.5 Å². The Bertz CT molecular complexity index is 915. The maximum Gasteiger partial charge on any atom is 0.275 e. The minimum atomic E-state index is -0.0619. The minimum Gasteiger partial charge on any atom is -0.295 e. The monoisotopic (exact) mass is 388 g/mol. The Hall–Kier alpha value is -1.57. The zero-order chi connectivity index (χ0) is 17.9. The number of piperidine rings is 1. The van der Waals surface area contributed by atoms with E-state index < -0.39 is 0 Å². The first kappa shape index (κ1) is 17.8. The Morgan fingerprint density at radius 2 is 2.27 bits per heavy atom. The molecule has 4 heterocycles. The molecule has 1 aliphatic rings. The van der Waals surface area contributed by atoms with Gasteiger partial charge < -0.3 is 0 Å². The van der Waals surface area contributed by atoms with Gasteiger partial charge >= 0.3 is 0 Å². The summed E-state index contributed by atoms with van der Waals surface area (Å²) in [7, 11) is 0. The van der Waals surface area contributed by atoms with Gasteiger partial charge in [0.2, 0.25) is 4.96 Å². The molecule has 0 spiro atoms. The second-order valence-electron chi connectivity index (χ2n) is 6.87. The van der Waals surface area contributed by atoms with Crippen LogP contribution in [-0.2, 0) is 19.4 Å². The molecule has 0 radical (unpaired) electrons. The molecule has 0 bridgehead atoms. The number of thiophene rings is 1. The van der Waals surface area contributed by atoms with E-state index in [0.717, 1.165) is 41.6 Å². The number of hydrogen-bond donors (Lipinski definition) is 0. The molecule has 3 aromatic rings. The lowest BCUT2D eigenvalue weighted by molar-refractivity contribution is 0.131. The highest BCUT2D eigenvalue weighted by Crippen LogP contribution is 2.24. The lowest BCUT2D eigenvalue weighted by Gasteiger charge is -2.35. The standard InChI is InChI=1S/C19H24N4OS2/c1-2-17-21-23-18(24)12-14(20-19(23)26-17)13-22-10-4-3-6-15(22)8-9-16-7-5-11-25-16/h5,7,11-12,15H,2-4,6,8-10,13H2,1H3. The Morgan fingerprint density at radius 1 is 1.35 bits per heavy atom. The SMILES string of the molecule is CCc1nn2c(=O)cc(CN3CCCCC3CCc3cccs3)nc2s1. The number of aromatic nitrogens is 3. The molecule has 138 valence electrons. The second-order valence-corrected chi connectivity index (χ2v) is 8.94. The molecule has 1 unspecified atom stereocenters. The number of hydrogen-bond acceptors (Lipinski definition) is 6. The molecule has 0 N–H and O–H groups in total. The van der Waals surface area contributed by atoms with Crippen molar-refractivity contribution in [2.75, 3.05) is 6.54 Å². The largest absolute Gasteiger partial charge is 0.295 e. The van der Waals surface area contributed by atoms with Crippen LogP contribution in [0.15, 0.2) is 28.4 Å². The molecule has 1 atom stereocenters. The van der Waals surface area contributed by atoms with Crippen LogP contribution in [0.5, 0.6) is 0 Å². The van der Waals surface area contributed by atoms with Crippen LogP contribution in [0.25, 0.3) is 4.96 Å². The summed E-state index contributed by atoms with van der Waals surface area (Å²) in [5, 5.41) is 7.45. The summed E-state index contributed by atoms with van der Waals surface area (Å²) >= 11 is 3.36. The average molecular weight is 389 g/mol. The van der Waals surface area contributed by atoms with Gasteiger partial charge in [0.25, 0.3) is 5.56 Å². The van der Waals surface area contributed by atoms with E-state index in [1.807, 2.05) is 11.3 Å². The van der Waals surface area contributed by atoms with Crippen molar-refractivity contribution in [3.8, 4) is 0 Å². The van der Waals surface area contributed by atoms with Crippen LogP contribution in [0.1, 0.15) is 48.2 Å². The van der Waals surface area contributed by atoms with Gasteiger partial charge in [-0.2, -0.15) is 9.61 Å². The normalized spacial score (nSPS) is 18.6. The van der Waals surface area contributed by atoms with Crippen molar-refractivity contribution in [1.29, 1.82) is 0 Å². The van der Waals surface area contributed by atoms with Crippen molar-refractivity contribution in [2.24, 2.45) is 0 Å². The van der Waals surface area contributed by atoms with Crippen LogP contribution < -0.4 is 5.56 Å². The zero-order valence-corrected chi connectivity index (χ0v) is 16.7. The van der Waals surface area contributed by atoms with E-state index in [4.69, 9.17) is 4.98 Å². The van der Waals surface area contributed by atoms with Gasteiger partial charge in [0.05, 0.1) is 5.69 Å². The molecule has 1 aliphatic heterocycles. The summed E-state index contributed by atoms with van der Waals surface area (Å²) in [5.74, 6) is 0. The summed E-state index contributed by atoms with van der Waals surface area (Å²) < 4.78 is 1.44. The molecule has 1 saturated heterocycles. The summed E-state index contributed by atoms with van der Waals surface area (Å²) in [4.78, 5) is 21.8. The summed E-state index contributed by atoms with van der Waals surface area (Å²) in [5.41, 5.74) is 0.817. The van der Waals surface area contributed by atoms with Gasteiger partial charge in [-0.15, -0.1) is 11.3 Å². The van der Waals surface area contributed by atoms with Crippen molar-refractivity contribution in [2.45, 2.75) is 58.0 Å². The highest BCUT2D eigenvalue weighted by atomic mass is 32.1. The Balaban J connectivity index is 1.50. The third-order valence-corrected chi connectivity index (χ3v) is 7.05. The molecular formula is C19H24N4OS2. The highest BCUT2D eigenvalue weighted by Gasteiger charge is 2.23. The van der Waals surface area contributed by atoms with E-state index >= 15 is 0 Å². The highest BCUT2D eigenvalue weighted by molar-refractivity contribution is 7.16. The van der Waals surface area contributed by atoms with E-state index in [0.29, 0.717) is 6.04 Å². The molecular weight excluding hydrogens is 364 g/mol. The third-order valence-electron chi connectivity index (χ3n) is 5.06. The fourth-order valence-corrected chi connectivity index (χ4v) is 5.27. The van der Waals surface area contributed by atoms with Gasteiger partial charge in [-0.3, -0.25) is 9.69 Å². The predicted octanol–water partition coefficient (Wildman–Crippen LogP) is 3.76. The van der Waals surface area contributed by atoms with Gasteiger partial charge in [0.1, 0.15) is 5.01 Å². The van der Waals surface area contributed by atoms with Gasteiger partial charge in [-0.05, 0) is 50.1 Å². The number of aryl methyl sites for hydroxylation is 2. The van der Waals surface area contributed by atoms with Gasteiger partial charge in [0.15, 0.2) is 0 Å². The molecule has 5 nitrogen and oxygen atoms in total. The van der Waals surface area contributed by atoms with Crippen LogP contribution in [0.3, 0.4) is 0 Å². The summed E-state index contributed by atoms with van der Waals surface area (Å²) in [6.07, 6.45) is 6.94. The lowest BCUT2D eigenvalue weighted by atomic mass is 9.97. The van der Waals surface area contributed by atoms with Crippen LogP contribution >= 0.6 is 22.7 Å². The quantitative estimate of drug-likeness (QED) is 0.645. The maximum absolute atomic E-state index is 12.4. The van der Waals surface area contributed by atoms with Crippen molar-refractivity contribution >= 4 is 27.6 Å². The number of nitrogens with zero attached hydrogens (tertiary/aromatic N) is 4. The molecule has 4 rings (SSSR count). The van der Waals surface area contributed by atoms with Crippen LogP contribution in [0.2, 0.25) is 0 Å². The van der Waals surface area contributed by atoms with Gasteiger partial charge in [-0.1, -0.05) is 30.7 Å². The molecule has 0 amide bonds. The molecule has 3 aromatic heterocycles. The van der Waals surface area contributed by atoms with E-state index in [2.05, 4.69) is 34.4 Å². The van der Waals surface area contributed by atoms with Crippen molar-refractivity contribution in [1.82, 2.24) is 19.5 Å². The van der Waals surface area contributed by atoms with E-state index in [1.54, 1.807) is 6.07 Å². The van der Waals surface area contributed by atoms with E-state index in [1.165, 1.54) is 46.4 Å². The predicted molar refractivity (Wildman–Crippen MR) is 107 cm³/mol. The van der Waals surface area contributed by atoms with Crippen LogP contribution in [0, 0.1) is 0 Å². The van der Waals surface area contributed by atoms with Crippen molar-refractivity contribution < 1.29 is 0 Å². The van der Waals surface area contributed by atoms with E-state index in [9.17, 15) is 4.79 Å². The Morgan fingerprint density at radius 3 is 3.08 bits per heavy atom. The van der Waals surface area contributed by atoms with Gasteiger partial charge in [0, 0.05) is 23.5 Å². The Labute approximate surface area is 161 Å². The Kier molecular flexibility index (Phi) is 5.47. The van der Waals surface area contributed by atoms with Gasteiger partial charge in [-0.25, -0.2) is 4.98 Å². The summed E-state index contributed by atoms with van der Waals surface area (Å²) in [6, 6.07) is 6.60. The minimum absolute atomic E-state index is 0.0619. The summed E-state index contributed by atoms with van der Waals surface area (Å²) in [6.45, 7) is 3.91. The fraction of sp³-hybridized carbons (Fsp3) is 0.526. The number of fused-ring (bicyclic) bond motifs is 1. The third kappa shape index (κ3) is 3.89. The smallest absolute Gasteiger partial charge is 0.275 e. The van der Waals surface area contributed by atoms with Crippen molar-refractivity contribution in [3.63, 3.8) is 0 Å². The zero-order valence-electron chi connectivity index (χ0n) is 15.1. The molecule has 0 aromatic carbocycles. The molecule has 1 fully saturated rings. The first-order valence-electron chi connectivity index (χ1n) is 9.38. The molecule has 26 heavy (non-hydrogen) atoms. The maximum atomic E-state index is 12.4. The first-order chi connectivity index (χ1) is 12.7. The number of likely N-dealkylation sites (tertiary alicyclic amines) is 1. The van der Waals surface area contributed by atoms with Crippen LogP contribution in [0.4, 0.5) is 0 Å². The number of rotatable bonds is 6. The fourth-order valence-electron chi connectivity index (χ4n) is 3.69. The molecule has 0 aliphatic carbocycles. The first-order valence-corrected chi connectivity index (χ1v) is 11.1. The average Bonchev–Trinajstić information content (AvgIpc) is 3.30. The second kappa shape index (κ2) is 7.98. The van der Waals surface area contributed by atoms with Crippen LogP contribution in [-0.4, -0.2) is 32.1 Å². The van der Waals surface area contributed by atoms with Crippen molar-refractivity contribution in [3.05, 3.63) is 49.5 Å².